The number of amides is 1. The molecule has 1 saturated heterocycles. The Morgan fingerprint density at radius 2 is 1.93 bits per heavy atom. The van der Waals surface area contributed by atoms with Crippen molar-refractivity contribution < 1.29 is 26.9 Å². The van der Waals surface area contributed by atoms with E-state index in [1.807, 2.05) is 0 Å². The molecule has 0 bridgehead atoms. The number of carbonyl (C=O) groups is 1. The van der Waals surface area contributed by atoms with Crippen LogP contribution in [0, 0.1) is 17.1 Å². The lowest BCUT2D eigenvalue weighted by Gasteiger charge is -2.30. The van der Waals surface area contributed by atoms with E-state index in [-0.39, 0.29) is 30.6 Å². The van der Waals surface area contributed by atoms with E-state index in [1.165, 1.54) is 23.1 Å². The maximum atomic E-state index is 14.0. The van der Waals surface area contributed by atoms with Crippen LogP contribution in [0.2, 0.25) is 0 Å². The van der Waals surface area contributed by atoms with Crippen LogP contribution in [0.1, 0.15) is 18.4 Å². The molecule has 1 aliphatic rings. The summed E-state index contributed by atoms with van der Waals surface area (Å²) in [6.45, 7) is -0.0166. The molecule has 10 heteroatoms. The van der Waals surface area contributed by atoms with Gasteiger partial charge >= 0.3 is 6.18 Å². The smallest absolute Gasteiger partial charge is 0.432 e. The third kappa shape index (κ3) is 6.23. The fraction of sp³-hybridized carbons (Fsp3) is 0.444. The number of benzene rings is 1. The Hall–Kier alpha value is -2.07. The van der Waals surface area contributed by atoms with E-state index < -0.39 is 40.5 Å². The van der Waals surface area contributed by atoms with Gasteiger partial charge in [0.25, 0.3) is 5.91 Å². The van der Waals surface area contributed by atoms with Gasteiger partial charge in [0.05, 0.1) is 5.70 Å². The molecule has 2 rings (SSSR count). The van der Waals surface area contributed by atoms with Crippen LogP contribution in [-0.4, -0.2) is 45.3 Å². The molecule has 0 aliphatic carbocycles. The summed E-state index contributed by atoms with van der Waals surface area (Å²) in [5.74, 6) is -0.491. The van der Waals surface area contributed by atoms with Crippen molar-refractivity contribution in [3.8, 4) is 0 Å². The molecule has 0 spiro atoms. The fourth-order valence-electron chi connectivity index (χ4n) is 2.87. The van der Waals surface area contributed by atoms with Crippen molar-refractivity contribution in [3.05, 3.63) is 47.4 Å². The van der Waals surface area contributed by atoms with Gasteiger partial charge in [0.2, 0.25) is 0 Å². The molecule has 1 fully saturated rings. The first-order valence-corrected chi connectivity index (χ1v) is 10.1. The van der Waals surface area contributed by atoms with Gasteiger partial charge in [-0.3, -0.25) is 10.2 Å². The van der Waals surface area contributed by atoms with Crippen molar-refractivity contribution >= 4 is 22.8 Å². The molecule has 1 amide bonds. The number of carbonyl (C=O) groups excluding carboxylic acids is 1. The van der Waals surface area contributed by atoms with E-state index in [9.17, 15) is 26.9 Å². The zero-order valence-electron chi connectivity index (χ0n) is 15.0. The molecule has 3 N–H and O–H groups in total. The number of hydrogen-bond acceptors (Lipinski definition) is 4. The summed E-state index contributed by atoms with van der Waals surface area (Å²) in [6, 6.07) is 5.77. The Morgan fingerprint density at radius 1 is 1.32 bits per heavy atom. The quantitative estimate of drug-likeness (QED) is 0.321. The van der Waals surface area contributed by atoms with E-state index in [0.29, 0.717) is 24.3 Å². The summed E-state index contributed by atoms with van der Waals surface area (Å²) in [5, 5.41) is 6.99. The highest BCUT2D eigenvalue weighted by molar-refractivity contribution is 7.91. The average molecular weight is 419 g/mol. The fourth-order valence-corrected chi connectivity index (χ4v) is 4.27. The minimum absolute atomic E-state index is 0.0108. The molecule has 0 aromatic heterocycles. The first-order chi connectivity index (χ1) is 13.1. The van der Waals surface area contributed by atoms with Crippen LogP contribution in [0.25, 0.3) is 0 Å². The van der Waals surface area contributed by atoms with E-state index in [0.717, 1.165) is 0 Å². The summed E-state index contributed by atoms with van der Waals surface area (Å²) in [7, 11) is 0. The maximum absolute atomic E-state index is 14.0. The van der Waals surface area contributed by atoms with Gasteiger partial charge in [-0.25, -0.2) is 4.39 Å². The molecule has 1 heterocycles. The van der Waals surface area contributed by atoms with Gasteiger partial charge in [0.15, 0.2) is 0 Å². The number of halogens is 4. The van der Waals surface area contributed by atoms with E-state index >= 15 is 0 Å². The predicted octanol–water partition coefficient (Wildman–Crippen LogP) is 2.74. The third-order valence-corrected chi connectivity index (χ3v) is 5.83. The molecular formula is C18H21F4N3O2S. The topological polar surface area (TPSA) is 93.2 Å². The molecule has 1 aliphatic heterocycles. The van der Waals surface area contributed by atoms with Gasteiger partial charge in [-0.15, -0.1) is 0 Å². The Morgan fingerprint density at radius 3 is 2.50 bits per heavy atom. The maximum Gasteiger partial charge on any atom is 0.432 e. The molecule has 0 radical (unpaired) electrons. The van der Waals surface area contributed by atoms with Gasteiger partial charge in [0.1, 0.15) is 23.0 Å². The minimum atomic E-state index is -4.92. The Bertz CT molecular complexity index is 747. The first-order valence-electron chi connectivity index (χ1n) is 8.58. The Kier molecular flexibility index (Phi) is 7.48. The molecule has 0 unspecified atom stereocenters. The second-order valence-corrected chi connectivity index (χ2v) is 8.28. The SMILES string of the molecule is N=C(/C=C(\N)C(=O)N(Cc1ccccc1F)CC1CC[S+]([O-])CC1)C(F)(F)F. The van der Waals surface area contributed by atoms with Crippen molar-refractivity contribution in [2.24, 2.45) is 11.7 Å². The zero-order chi connectivity index (χ0) is 20.9. The number of hydrogen-bond donors (Lipinski definition) is 2. The Balaban J connectivity index is 2.21. The zero-order valence-corrected chi connectivity index (χ0v) is 15.8. The second-order valence-electron chi connectivity index (χ2n) is 6.58. The van der Waals surface area contributed by atoms with Gasteiger partial charge in [-0.2, -0.15) is 13.2 Å². The van der Waals surface area contributed by atoms with Crippen molar-refractivity contribution in [3.63, 3.8) is 0 Å². The van der Waals surface area contributed by atoms with Crippen LogP contribution < -0.4 is 5.73 Å². The Labute approximate surface area is 163 Å². The van der Waals surface area contributed by atoms with Gasteiger partial charge in [0, 0.05) is 18.7 Å². The second kappa shape index (κ2) is 9.42. The lowest BCUT2D eigenvalue weighted by atomic mass is 10.0. The van der Waals surface area contributed by atoms with Crippen molar-refractivity contribution in [1.29, 1.82) is 5.41 Å². The number of nitrogens with zero attached hydrogens (tertiary/aromatic N) is 1. The summed E-state index contributed by atoms with van der Waals surface area (Å²) in [5.41, 5.74) is 3.25. The van der Waals surface area contributed by atoms with Crippen LogP contribution in [-0.2, 0) is 22.5 Å². The van der Waals surface area contributed by atoms with Gasteiger partial charge in [-0.05, 0) is 30.9 Å². The van der Waals surface area contributed by atoms with Crippen molar-refractivity contribution in [1.82, 2.24) is 4.90 Å². The standard InChI is InChI=1S/C18H21F4N3O2S/c19-14-4-2-1-3-13(14)11-25(10-12-5-7-28(27)8-6-12)17(26)15(23)9-16(24)18(20,21)22/h1-4,9,12,24H,5-8,10-11,23H2/b15-9-,24-16?. The minimum Gasteiger partial charge on any atom is -0.616 e. The highest BCUT2D eigenvalue weighted by Crippen LogP contribution is 2.23. The molecule has 0 atom stereocenters. The summed E-state index contributed by atoms with van der Waals surface area (Å²) >= 11 is -0.907. The van der Waals surface area contributed by atoms with Gasteiger partial charge in [-0.1, -0.05) is 29.4 Å². The van der Waals surface area contributed by atoms with Crippen LogP contribution in [0.5, 0.6) is 0 Å². The molecular weight excluding hydrogens is 398 g/mol. The predicted molar refractivity (Wildman–Crippen MR) is 98.5 cm³/mol. The molecule has 28 heavy (non-hydrogen) atoms. The highest BCUT2D eigenvalue weighted by atomic mass is 32.2. The van der Waals surface area contributed by atoms with Crippen LogP contribution in [0.3, 0.4) is 0 Å². The van der Waals surface area contributed by atoms with Crippen LogP contribution >= 0.6 is 0 Å². The average Bonchev–Trinajstić information content (AvgIpc) is 2.63. The molecule has 1 aromatic rings. The third-order valence-electron chi connectivity index (χ3n) is 4.44. The normalized spacial score (nSPS) is 20.7. The van der Waals surface area contributed by atoms with Crippen LogP contribution in [0.4, 0.5) is 17.6 Å². The lowest BCUT2D eigenvalue weighted by Crippen LogP contribution is -2.40. The van der Waals surface area contributed by atoms with Crippen LogP contribution in [0.15, 0.2) is 36.0 Å². The molecule has 5 nitrogen and oxygen atoms in total. The van der Waals surface area contributed by atoms with Crippen molar-refractivity contribution in [2.75, 3.05) is 18.1 Å². The highest BCUT2D eigenvalue weighted by Gasteiger charge is 2.34. The number of alkyl halides is 3. The summed E-state index contributed by atoms with van der Waals surface area (Å²) in [6.07, 6.45) is -3.47. The van der Waals surface area contributed by atoms with Crippen molar-refractivity contribution in [2.45, 2.75) is 25.6 Å². The molecule has 0 saturated carbocycles. The van der Waals surface area contributed by atoms with E-state index in [1.54, 1.807) is 6.07 Å². The van der Waals surface area contributed by atoms with E-state index in [4.69, 9.17) is 11.1 Å². The lowest BCUT2D eigenvalue weighted by molar-refractivity contribution is -0.128. The first kappa shape index (κ1) is 22.2. The van der Waals surface area contributed by atoms with Gasteiger partial charge < -0.3 is 15.2 Å². The summed E-state index contributed by atoms with van der Waals surface area (Å²) < 4.78 is 63.2. The molecule has 1 aromatic carbocycles. The number of rotatable bonds is 6. The van der Waals surface area contributed by atoms with E-state index in [2.05, 4.69) is 0 Å². The number of allylic oxidation sites excluding steroid dienone is 1. The summed E-state index contributed by atoms with van der Waals surface area (Å²) in [4.78, 5) is 13.8. The molecule has 154 valence electrons. The number of nitrogens with one attached hydrogen (secondary N) is 1. The monoisotopic (exact) mass is 419 g/mol. The number of nitrogens with two attached hydrogens (primary N) is 1. The largest absolute Gasteiger partial charge is 0.616 e.